The number of hydrogen-bond acceptors (Lipinski definition) is 2. The number of hydrogen-bond donors (Lipinski definition) is 1. The molecule has 0 amide bonds. The zero-order chi connectivity index (χ0) is 10.0. The van der Waals surface area contributed by atoms with Crippen molar-refractivity contribution >= 4 is 0 Å². The third-order valence-electron chi connectivity index (χ3n) is 2.06. The van der Waals surface area contributed by atoms with Gasteiger partial charge in [-0.1, -0.05) is 13.8 Å². The quantitative estimate of drug-likeness (QED) is 0.777. The van der Waals surface area contributed by atoms with E-state index in [-0.39, 0.29) is 6.61 Å². The van der Waals surface area contributed by atoms with E-state index < -0.39 is 0 Å². The summed E-state index contributed by atoms with van der Waals surface area (Å²) in [7, 11) is 0. The van der Waals surface area contributed by atoms with Crippen LogP contribution in [0, 0.1) is 0 Å². The minimum atomic E-state index is 0.0272. The molecular formula is C10H18N2O. The maximum Gasteiger partial charge on any atom is 0.0882 e. The molecule has 1 heterocycles. The van der Waals surface area contributed by atoms with E-state index in [1.165, 1.54) is 5.69 Å². The molecule has 0 aliphatic rings. The smallest absolute Gasteiger partial charge is 0.0882 e. The lowest BCUT2D eigenvalue weighted by atomic mass is 10.1. The molecule has 74 valence electrons. The van der Waals surface area contributed by atoms with Gasteiger partial charge in [0.2, 0.25) is 0 Å². The molecule has 3 nitrogen and oxygen atoms in total. The molecule has 3 heteroatoms. The lowest BCUT2D eigenvalue weighted by molar-refractivity contribution is 0.274. The molecular weight excluding hydrogens is 164 g/mol. The SMILES string of the molecule is CC(C)c1cc(CO)nn1C(C)C. The van der Waals surface area contributed by atoms with Gasteiger partial charge in [0.1, 0.15) is 0 Å². The average Bonchev–Trinajstić information content (AvgIpc) is 2.47. The number of nitrogens with zero attached hydrogens (tertiary/aromatic N) is 2. The van der Waals surface area contributed by atoms with E-state index in [1.807, 2.05) is 10.7 Å². The fraction of sp³-hybridized carbons (Fsp3) is 0.700. The zero-order valence-corrected chi connectivity index (χ0v) is 8.78. The van der Waals surface area contributed by atoms with E-state index in [0.29, 0.717) is 12.0 Å². The molecule has 0 bridgehead atoms. The zero-order valence-electron chi connectivity index (χ0n) is 8.78. The van der Waals surface area contributed by atoms with Gasteiger partial charge >= 0.3 is 0 Å². The molecule has 1 rings (SSSR count). The van der Waals surface area contributed by atoms with Crippen LogP contribution in [0.5, 0.6) is 0 Å². The van der Waals surface area contributed by atoms with Crippen molar-refractivity contribution in [3.8, 4) is 0 Å². The van der Waals surface area contributed by atoms with Gasteiger partial charge in [-0.2, -0.15) is 5.10 Å². The molecule has 13 heavy (non-hydrogen) atoms. The lowest BCUT2D eigenvalue weighted by Crippen LogP contribution is -2.08. The van der Waals surface area contributed by atoms with E-state index in [4.69, 9.17) is 5.11 Å². The highest BCUT2D eigenvalue weighted by atomic mass is 16.3. The van der Waals surface area contributed by atoms with Gasteiger partial charge in [-0.05, 0) is 25.8 Å². The molecule has 0 aliphatic heterocycles. The Kier molecular flexibility index (Phi) is 3.09. The summed E-state index contributed by atoms with van der Waals surface area (Å²) in [6, 6.07) is 2.34. The molecule has 1 aromatic heterocycles. The summed E-state index contributed by atoms with van der Waals surface area (Å²) >= 11 is 0. The van der Waals surface area contributed by atoms with Crippen LogP contribution in [0.4, 0.5) is 0 Å². The Labute approximate surface area is 79.4 Å². The summed E-state index contributed by atoms with van der Waals surface area (Å²) in [5, 5.41) is 13.3. The number of aromatic nitrogens is 2. The average molecular weight is 182 g/mol. The Morgan fingerprint density at radius 1 is 1.38 bits per heavy atom. The van der Waals surface area contributed by atoms with Crippen molar-refractivity contribution in [2.45, 2.75) is 46.3 Å². The van der Waals surface area contributed by atoms with Crippen molar-refractivity contribution < 1.29 is 5.11 Å². The van der Waals surface area contributed by atoms with Crippen molar-refractivity contribution in [3.05, 3.63) is 17.5 Å². The van der Waals surface area contributed by atoms with E-state index in [0.717, 1.165) is 5.69 Å². The van der Waals surface area contributed by atoms with Crippen LogP contribution >= 0.6 is 0 Å². The summed E-state index contributed by atoms with van der Waals surface area (Å²) in [4.78, 5) is 0. The van der Waals surface area contributed by atoms with E-state index in [1.54, 1.807) is 0 Å². The van der Waals surface area contributed by atoms with Crippen LogP contribution in [0.2, 0.25) is 0 Å². The standard InChI is InChI=1S/C10H18N2O/c1-7(2)10-5-9(6-13)11-12(10)8(3)4/h5,7-8,13H,6H2,1-4H3. The van der Waals surface area contributed by atoms with Gasteiger partial charge < -0.3 is 5.11 Å². The molecule has 0 unspecified atom stereocenters. The molecule has 1 aromatic rings. The Morgan fingerprint density at radius 3 is 2.31 bits per heavy atom. The van der Waals surface area contributed by atoms with E-state index >= 15 is 0 Å². The first-order valence-electron chi connectivity index (χ1n) is 4.75. The molecule has 0 aromatic carbocycles. The Morgan fingerprint density at radius 2 is 2.00 bits per heavy atom. The second-order valence-electron chi connectivity index (χ2n) is 3.91. The van der Waals surface area contributed by atoms with E-state index in [9.17, 15) is 0 Å². The van der Waals surface area contributed by atoms with Crippen molar-refractivity contribution in [2.75, 3.05) is 0 Å². The molecule has 0 fully saturated rings. The third-order valence-corrected chi connectivity index (χ3v) is 2.06. The van der Waals surface area contributed by atoms with Crippen molar-refractivity contribution in [1.29, 1.82) is 0 Å². The highest BCUT2D eigenvalue weighted by Gasteiger charge is 2.12. The Balaban J connectivity index is 3.08. The van der Waals surface area contributed by atoms with Crippen LogP contribution in [-0.4, -0.2) is 14.9 Å². The van der Waals surface area contributed by atoms with Gasteiger partial charge in [0.15, 0.2) is 0 Å². The normalized spacial score (nSPS) is 11.6. The first-order valence-corrected chi connectivity index (χ1v) is 4.75. The molecule has 1 N–H and O–H groups in total. The summed E-state index contributed by atoms with van der Waals surface area (Å²) in [5.41, 5.74) is 1.96. The van der Waals surface area contributed by atoms with Crippen LogP contribution in [0.15, 0.2) is 6.07 Å². The van der Waals surface area contributed by atoms with Crippen LogP contribution in [0.1, 0.15) is 51.0 Å². The van der Waals surface area contributed by atoms with Crippen molar-refractivity contribution in [3.63, 3.8) is 0 Å². The van der Waals surface area contributed by atoms with Gasteiger partial charge in [0, 0.05) is 11.7 Å². The maximum absolute atomic E-state index is 8.96. The highest BCUT2D eigenvalue weighted by Crippen LogP contribution is 2.19. The van der Waals surface area contributed by atoms with E-state index in [2.05, 4.69) is 32.8 Å². The summed E-state index contributed by atoms with van der Waals surface area (Å²) in [5.74, 6) is 0.454. The molecule has 0 saturated heterocycles. The topological polar surface area (TPSA) is 38.1 Å². The summed E-state index contributed by atoms with van der Waals surface area (Å²) < 4.78 is 1.98. The van der Waals surface area contributed by atoms with Crippen molar-refractivity contribution in [2.24, 2.45) is 0 Å². The lowest BCUT2D eigenvalue weighted by Gasteiger charge is -2.12. The largest absolute Gasteiger partial charge is 0.390 e. The molecule has 0 spiro atoms. The van der Waals surface area contributed by atoms with Crippen LogP contribution < -0.4 is 0 Å². The fourth-order valence-corrected chi connectivity index (χ4v) is 1.38. The predicted octanol–water partition coefficient (Wildman–Crippen LogP) is 2.08. The minimum absolute atomic E-state index is 0.0272. The van der Waals surface area contributed by atoms with Gasteiger partial charge in [0.25, 0.3) is 0 Å². The fourth-order valence-electron chi connectivity index (χ4n) is 1.38. The third kappa shape index (κ3) is 2.10. The second-order valence-corrected chi connectivity index (χ2v) is 3.91. The summed E-state index contributed by atoms with van der Waals surface area (Å²) in [6.45, 7) is 8.49. The molecule has 0 atom stereocenters. The first kappa shape index (κ1) is 10.3. The van der Waals surface area contributed by atoms with Gasteiger partial charge in [-0.3, -0.25) is 4.68 Å². The number of rotatable bonds is 3. The Hall–Kier alpha value is -0.830. The predicted molar refractivity (Wildman–Crippen MR) is 52.6 cm³/mol. The van der Waals surface area contributed by atoms with Crippen LogP contribution in [0.3, 0.4) is 0 Å². The van der Waals surface area contributed by atoms with Crippen LogP contribution in [0.25, 0.3) is 0 Å². The Bertz CT molecular complexity index is 251. The number of aliphatic hydroxyl groups is 1. The van der Waals surface area contributed by atoms with Crippen molar-refractivity contribution in [1.82, 2.24) is 9.78 Å². The molecule has 0 radical (unpaired) electrons. The van der Waals surface area contributed by atoms with Gasteiger partial charge in [-0.25, -0.2) is 0 Å². The van der Waals surface area contributed by atoms with Gasteiger partial charge in [0.05, 0.1) is 12.3 Å². The minimum Gasteiger partial charge on any atom is -0.390 e. The second kappa shape index (κ2) is 3.92. The van der Waals surface area contributed by atoms with Gasteiger partial charge in [-0.15, -0.1) is 0 Å². The summed E-state index contributed by atoms with van der Waals surface area (Å²) in [6.07, 6.45) is 0. The van der Waals surface area contributed by atoms with Crippen LogP contribution in [-0.2, 0) is 6.61 Å². The molecule has 0 aliphatic carbocycles. The number of aliphatic hydroxyl groups excluding tert-OH is 1. The monoisotopic (exact) mass is 182 g/mol. The highest BCUT2D eigenvalue weighted by molar-refractivity contribution is 5.13. The molecule has 0 saturated carbocycles. The maximum atomic E-state index is 8.96. The first-order chi connectivity index (χ1) is 6.06.